The van der Waals surface area contributed by atoms with Crippen molar-refractivity contribution in [1.29, 1.82) is 0 Å². The fourth-order valence-corrected chi connectivity index (χ4v) is 1.85. The van der Waals surface area contributed by atoms with E-state index >= 15 is 0 Å². The van der Waals surface area contributed by atoms with Gasteiger partial charge in [-0.25, -0.2) is 9.78 Å². The number of pyridine rings is 1. The van der Waals surface area contributed by atoms with Crippen molar-refractivity contribution in [3.63, 3.8) is 0 Å². The third kappa shape index (κ3) is 1.74. The molecule has 2 rings (SSSR count). The molecule has 3 nitrogen and oxygen atoms in total. The molecular weight excluding hydrogens is 226 g/mol. The van der Waals surface area contributed by atoms with Crippen LogP contribution in [-0.2, 0) is 0 Å². The molecular formula is C12H10ClNO2. The molecule has 1 heterocycles. The van der Waals surface area contributed by atoms with Gasteiger partial charge in [-0.2, -0.15) is 0 Å². The maximum atomic E-state index is 10.8. The van der Waals surface area contributed by atoms with Crippen LogP contribution in [0.1, 0.15) is 21.6 Å². The molecule has 0 aliphatic carbocycles. The summed E-state index contributed by atoms with van der Waals surface area (Å²) in [5.41, 5.74) is 2.19. The Morgan fingerprint density at radius 2 is 1.88 bits per heavy atom. The van der Waals surface area contributed by atoms with Gasteiger partial charge < -0.3 is 5.11 Å². The van der Waals surface area contributed by atoms with Crippen molar-refractivity contribution in [2.45, 2.75) is 13.8 Å². The first-order valence-electron chi connectivity index (χ1n) is 4.80. The van der Waals surface area contributed by atoms with E-state index in [9.17, 15) is 4.79 Å². The molecule has 0 amide bonds. The summed E-state index contributed by atoms with van der Waals surface area (Å²) in [6.45, 7) is 3.96. The van der Waals surface area contributed by atoms with E-state index in [0.717, 1.165) is 21.9 Å². The van der Waals surface area contributed by atoms with E-state index < -0.39 is 5.97 Å². The average molecular weight is 236 g/mol. The summed E-state index contributed by atoms with van der Waals surface area (Å²) in [7, 11) is 0. The Morgan fingerprint density at radius 3 is 2.50 bits per heavy atom. The number of fused-ring (bicyclic) bond motifs is 1. The minimum absolute atomic E-state index is 0.0271. The number of carboxylic acid groups (broad SMARTS) is 1. The molecule has 0 aliphatic heterocycles. The molecule has 82 valence electrons. The highest BCUT2D eigenvalue weighted by Gasteiger charge is 2.10. The van der Waals surface area contributed by atoms with E-state index in [1.807, 2.05) is 26.0 Å². The van der Waals surface area contributed by atoms with Gasteiger partial charge in [0.05, 0.1) is 0 Å². The lowest BCUT2D eigenvalue weighted by molar-refractivity contribution is 0.0690. The largest absolute Gasteiger partial charge is 0.477 e. The molecule has 0 atom stereocenters. The summed E-state index contributed by atoms with van der Waals surface area (Å²) in [4.78, 5) is 14.7. The summed E-state index contributed by atoms with van der Waals surface area (Å²) >= 11 is 5.96. The third-order valence-electron chi connectivity index (χ3n) is 2.62. The standard InChI is InChI=1S/C12H10ClNO2/c1-6-3-8-5-10(12(15)16)14-11(13)9(8)4-7(6)2/h3-5H,1-2H3,(H,15,16). The number of carbonyl (C=O) groups is 1. The first-order valence-corrected chi connectivity index (χ1v) is 5.17. The summed E-state index contributed by atoms with van der Waals surface area (Å²) in [5.74, 6) is -1.07. The van der Waals surface area contributed by atoms with Crippen molar-refractivity contribution in [1.82, 2.24) is 4.98 Å². The second-order valence-electron chi connectivity index (χ2n) is 3.76. The Balaban J connectivity index is 2.82. The quantitative estimate of drug-likeness (QED) is 0.773. The molecule has 4 heteroatoms. The summed E-state index contributed by atoms with van der Waals surface area (Å²) < 4.78 is 0. The normalized spacial score (nSPS) is 10.7. The minimum Gasteiger partial charge on any atom is -0.477 e. The zero-order valence-electron chi connectivity index (χ0n) is 8.91. The van der Waals surface area contributed by atoms with Crippen LogP contribution in [0.4, 0.5) is 0 Å². The molecule has 2 aromatic rings. The first-order chi connectivity index (χ1) is 7.49. The summed E-state index contributed by atoms with van der Waals surface area (Å²) in [5, 5.41) is 10.7. The molecule has 1 N–H and O–H groups in total. The Morgan fingerprint density at radius 1 is 1.25 bits per heavy atom. The van der Waals surface area contributed by atoms with Crippen LogP contribution in [-0.4, -0.2) is 16.1 Å². The maximum absolute atomic E-state index is 10.8. The van der Waals surface area contributed by atoms with E-state index in [1.165, 1.54) is 6.07 Å². The highest BCUT2D eigenvalue weighted by molar-refractivity contribution is 6.34. The number of halogens is 1. The number of hydrogen-bond donors (Lipinski definition) is 1. The van der Waals surface area contributed by atoms with Crippen LogP contribution in [0.2, 0.25) is 5.15 Å². The van der Waals surface area contributed by atoms with Crippen LogP contribution in [0.5, 0.6) is 0 Å². The predicted octanol–water partition coefficient (Wildman–Crippen LogP) is 3.20. The lowest BCUT2D eigenvalue weighted by Crippen LogP contribution is -2.00. The van der Waals surface area contributed by atoms with Crippen molar-refractivity contribution in [2.24, 2.45) is 0 Å². The van der Waals surface area contributed by atoms with Gasteiger partial charge in [0, 0.05) is 5.39 Å². The number of hydrogen-bond acceptors (Lipinski definition) is 2. The monoisotopic (exact) mass is 235 g/mol. The zero-order valence-corrected chi connectivity index (χ0v) is 9.67. The maximum Gasteiger partial charge on any atom is 0.354 e. The molecule has 0 radical (unpaired) electrons. The number of aromatic nitrogens is 1. The van der Waals surface area contributed by atoms with E-state index in [4.69, 9.17) is 16.7 Å². The van der Waals surface area contributed by atoms with E-state index in [2.05, 4.69) is 4.98 Å². The highest BCUT2D eigenvalue weighted by Crippen LogP contribution is 2.25. The molecule has 0 saturated carbocycles. The van der Waals surface area contributed by atoms with Crippen LogP contribution in [0.15, 0.2) is 18.2 Å². The summed E-state index contributed by atoms with van der Waals surface area (Å²) in [6, 6.07) is 5.38. The third-order valence-corrected chi connectivity index (χ3v) is 2.91. The Hall–Kier alpha value is -1.61. The molecule has 0 unspecified atom stereocenters. The average Bonchev–Trinajstić information content (AvgIpc) is 2.20. The topological polar surface area (TPSA) is 50.2 Å². The van der Waals surface area contributed by atoms with Crippen molar-refractivity contribution in [3.8, 4) is 0 Å². The lowest BCUT2D eigenvalue weighted by Gasteiger charge is -2.06. The molecule has 0 bridgehead atoms. The smallest absolute Gasteiger partial charge is 0.354 e. The second-order valence-corrected chi connectivity index (χ2v) is 4.12. The Kier molecular flexibility index (Phi) is 2.56. The molecule has 1 aromatic heterocycles. The molecule has 0 spiro atoms. The lowest BCUT2D eigenvalue weighted by atomic mass is 10.0. The number of nitrogens with zero attached hydrogens (tertiary/aromatic N) is 1. The van der Waals surface area contributed by atoms with Gasteiger partial charge in [-0.05, 0) is 42.5 Å². The molecule has 16 heavy (non-hydrogen) atoms. The zero-order chi connectivity index (χ0) is 11.9. The fourth-order valence-electron chi connectivity index (χ4n) is 1.59. The van der Waals surface area contributed by atoms with Crippen molar-refractivity contribution >= 4 is 28.3 Å². The van der Waals surface area contributed by atoms with E-state index in [0.29, 0.717) is 0 Å². The van der Waals surface area contributed by atoms with Gasteiger partial charge in [-0.15, -0.1) is 0 Å². The van der Waals surface area contributed by atoms with Crippen molar-refractivity contribution in [2.75, 3.05) is 0 Å². The Labute approximate surface area is 97.7 Å². The van der Waals surface area contributed by atoms with E-state index in [-0.39, 0.29) is 10.8 Å². The number of rotatable bonds is 1. The first kappa shape index (κ1) is 10.9. The van der Waals surface area contributed by atoms with Gasteiger partial charge in [0.15, 0.2) is 5.69 Å². The van der Waals surface area contributed by atoms with Crippen molar-refractivity contribution in [3.05, 3.63) is 40.2 Å². The second kappa shape index (κ2) is 3.76. The Bertz CT molecular complexity index is 593. The number of benzene rings is 1. The number of carboxylic acids is 1. The van der Waals surface area contributed by atoms with Crippen LogP contribution < -0.4 is 0 Å². The molecule has 0 saturated heterocycles. The SMILES string of the molecule is Cc1cc2cc(C(=O)O)nc(Cl)c2cc1C. The minimum atomic E-state index is -1.07. The van der Waals surface area contributed by atoms with Crippen molar-refractivity contribution < 1.29 is 9.90 Å². The van der Waals surface area contributed by atoms with Gasteiger partial charge in [0.1, 0.15) is 5.15 Å². The number of aryl methyl sites for hydroxylation is 2. The predicted molar refractivity (Wildman–Crippen MR) is 63.2 cm³/mol. The van der Waals surface area contributed by atoms with Crippen LogP contribution in [0.25, 0.3) is 10.8 Å². The number of aromatic carboxylic acids is 1. The van der Waals surface area contributed by atoms with Gasteiger partial charge in [-0.3, -0.25) is 0 Å². The molecule has 0 fully saturated rings. The molecule has 1 aromatic carbocycles. The van der Waals surface area contributed by atoms with Gasteiger partial charge >= 0.3 is 5.97 Å². The van der Waals surface area contributed by atoms with Gasteiger partial charge in [-0.1, -0.05) is 17.7 Å². The fraction of sp³-hybridized carbons (Fsp3) is 0.167. The summed E-state index contributed by atoms with van der Waals surface area (Å²) in [6.07, 6.45) is 0. The van der Waals surface area contributed by atoms with Crippen LogP contribution >= 0.6 is 11.6 Å². The van der Waals surface area contributed by atoms with Crippen LogP contribution in [0, 0.1) is 13.8 Å². The van der Waals surface area contributed by atoms with Gasteiger partial charge in [0.2, 0.25) is 0 Å². The van der Waals surface area contributed by atoms with E-state index in [1.54, 1.807) is 0 Å². The highest BCUT2D eigenvalue weighted by atomic mass is 35.5. The van der Waals surface area contributed by atoms with Crippen LogP contribution in [0.3, 0.4) is 0 Å². The molecule has 0 aliphatic rings. The van der Waals surface area contributed by atoms with Gasteiger partial charge in [0.25, 0.3) is 0 Å².